The molecular weight excluding hydrogens is 416 g/mol. The van der Waals surface area contributed by atoms with Gasteiger partial charge in [-0.2, -0.15) is 0 Å². The molecule has 0 unspecified atom stereocenters. The number of carbonyl (C=O) groups excluding carboxylic acids is 3. The van der Waals surface area contributed by atoms with Gasteiger partial charge in [-0.05, 0) is 60.3 Å². The van der Waals surface area contributed by atoms with Gasteiger partial charge in [-0.3, -0.25) is 14.4 Å². The van der Waals surface area contributed by atoms with E-state index in [1.165, 1.54) is 6.92 Å². The highest BCUT2D eigenvalue weighted by Crippen LogP contribution is 2.72. The van der Waals surface area contributed by atoms with E-state index >= 15 is 0 Å². The van der Waals surface area contributed by atoms with Crippen molar-refractivity contribution >= 4 is 17.5 Å². The van der Waals surface area contributed by atoms with Crippen molar-refractivity contribution in [2.45, 2.75) is 72.8 Å². The van der Waals surface area contributed by atoms with Crippen LogP contribution in [0.15, 0.2) is 46.8 Å². The molecule has 0 bridgehead atoms. The van der Waals surface area contributed by atoms with Crippen molar-refractivity contribution < 1.29 is 23.5 Å². The van der Waals surface area contributed by atoms with E-state index in [2.05, 4.69) is 26.8 Å². The van der Waals surface area contributed by atoms with Gasteiger partial charge in [0.05, 0.1) is 18.4 Å². The molecule has 2 fully saturated rings. The number of allylic oxidation sites excluding steroid dienone is 3. The zero-order valence-electron chi connectivity index (χ0n) is 20.4. The summed E-state index contributed by atoms with van der Waals surface area (Å²) in [6.07, 6.45) is 11.0. The molecule has 1 heterocycles. The molecule has 1 aromatic rings. The van der Waals surface area contributed by atoms with Crippen LogP contribution in [0.5, 0.6) is 0 Å². The second kappa shape index (κ2) is 6.80. The Morgan fingerprint density at radius 1 is 1.12 bits per heavy atom. The van der Waals surface area contributed by atoms with Gasteiger partial charge < -0.3 is 9.15 Å². The summed E-state index contributed by atoms with van der Waals surface area (Å²) in [6, 6.07) is 1.89. The number of ketones is 2. The predicted octanol–water partition coefficient (Wildman–Crippen LogP) is 5.42. The second-order valence-corrected chi connectivity index (χ2v) is 11.9. The molecule has 33 heavy (non-hydrogen) atoms. The van der Waals surface area contributed by atoms with Gasteiger partial charge in [0.25, 0.3) is 0 Å². The van der Waals surface area contributed by atoms with Gasteiger partial charge in [0, 0.05) is 28.7 Å². The van der Waals surface area contributed by atoms with Crippen LogP contribution in [0.2, 0.25) is 0 Å². The lowest BCUT2D eigenvalue weighted by Crippen LogP contribution is -2.64. The van der Waals surface area contributed by atoms with E-state index in [-0.39, 0.29) is 46.1 Å². The summed E-state index contributed by atoms with van der Waals surface area (Å²) in [5, 5.41) is 0. The molecule has 2 saturated carbocycles. The van der Waals surface area contributed by atoms with Crippen molar-refractivity contribution in [2.75, 3.05) is 0 Å². The number of rotatable bonds is 2. The molecule has 1 aromatic heterocycles. The third kappa shape index (κ3) is 2.74. The maximum Gasteiger partial charge on any atom is 0.302 e. The van der Waals surface area contributed by atoms with E-state index < -0.39 is 16.9 Å². The molecule has 0 spiro atoms. The predicted molar refractivity (Wildman–Crippen MR) is 123 cm³/mol. The van der Waals surface area contributed by atoms with E-state index in [4.69, 9.17) is 9.15 Å². The Bertz CT molecular complexity index is 1090. The lowest BCUT2D eigenvalue weighted by molar-refractivity contribution is -0.187. The summed E-state index contributed by atoms with van der Waals surface area (Å²) in [6.45, 7) is 12.1. The maximum absolute atomic E-state index is 13.4. The van der Waals surface area contributed by atoms with E-state index in [1.54, 1.807) is 18.6 Å². The summed E-state index contributed by atoms with van der Waals surface area (Å²) < 4.78 is 11.4. The van der Waals surface area contributed by atoms with Crippen LogP contribution in [0, 0.1) is 33.5 Å². The Morgan fingerprint density at radius 3 is 2.48 bits per heavy atom. The van der Waals surface area contributed by atoms with Crippen molar-refractivity contribution in [1.82, 2.24) is 0 Å². The Balaban J connectivity index is 1.68. The number of carbonyl (C=O) groups is 3. The fraction of sp³-hybridized carbons (Fsp3) is 0.607. The molecular formula is C28H34O5. The molecule has 5 rings (SSSR count). The van der Waals surface area contributed by atoms with Crippen LogP contribution >= 0.6 is 0 Å². The second-order valence-electron chi connectivity index (χ2n) is 11.9. The van der Waals surface area contributed by atoms with Crippen LogP contribution in [0.3, 0.4) is 0 Å². The number of hydrogen-bond acceptors (Lipinski definition) is 5. The molecule has 0 aliphatic heterocycles. The molecule has 4 aliphatic rings. The number of ether oxygens (including phenoxy) is 1. The first-order valence-electron chi connectivity index (χ1n) is 12.1. The largest absolute Gasteiger partial charge is 0.472 e. The Hall–Kier alpha value is -2.43. The van der Waals surface area contributed by atoms with Crippen molar-refractivity contribution in [3.8, 4) is 0 Å². The summed E-state index contributed by atoms with van der Waals surface area (Å²) in [4.78, 5) is 38.6. The van der Waals surface area contributed by atoms with Crippen LogP contribution in [0.1, 0.15) is 72.3 Å². The Labute approximate surface area is 195 Å². The van der Waals surface area contributed by atoms with Gasteiger partial charge in [-0.25, -0.2) is 0 Å². The summed E-state index contributed by atoms with van der Waals surface area (Å²) in [5.74, 6) is -0.177. The van der Waals surface area contributed by atoms with Crippen LogP contribution in [0.25, 0.3) is 0 Å². The van der Waals surface area contributed by atoms with Crippen molar-refractivity contribution in [2.24, 2.45) is 33.5 Å². The molecule has 0 saturated heterocycles. The molecule has 0 aromatic carbocycles. The smallest absolute Gasteiger partial charge is 0.302 e. The molecule has 5 heteroatoms. The number of furan rings is 1. The zero-order chi connectivity index (χ0) is 24.0. The van der Waals surface area contributed by atoms with Crippen LogP contribution in [-0.2, 0) is 19.1 Å². The maximum atomic E-state index is 13.4. The minimum atomic E-state index is -0.539. The quantitative estimate of drug-likeness (QED) is 0.563. The molecule has 176 valence electrons. The topological polar surface area (TPSA) is 73.6 Å². The van der Waals surface area contributed by atoms with Crippen LogP contribution in [0.4, 0.5) is 0 Å². The molecule has 0 N–H and O–H groups in total. The average Bonchev–Trinajstić information content (AvgIpc) is 3.32. The summed E-state index contributed by atoms with van der Waals surface area (Å²) >= 11 is 0. The first-order valence-corrected chi connectivity index (χ1v) is 12.1. The standard InChI is InChI=1S/C28H34O5/c1-16(29)33-23-14-20-25(2,3)22(31)8-11-26(20,4)19-7-10-27(5)21(28(19,23)6)13-18(30)24(27)17-9-12-32-15-17/h8-9,11-13,15,19-20,23-24H,7,10,14H2,1-6H3/t19-,20+,23+,24+,26+,27+,28+/m0/s1. The Kier molecular flexibility index (Phi) is 4.61. The fourth-order valence-corrected chi connectivity index (χ4v) is 8.44. The first-order chi connectivity index (χ1) is 15.4. The highest BCUT2D eigenvalue weighted by atomic mass is 16.5. The monoisotopic (exact) mass is 450 g/mol. The minimum absolute atomic E-state index is 0.0525. The van der Waals surface area contributed by atoms with E-state index in [1.807, 2.05) is 26.0 Å². The van der Waals surface area contributed by atoms with Crippen molar-refractivity contribution in [3.05, 3.63) is 48.0 Å². The fourth-order valence-electron chi connectivity index (χ4n) is 8.44. The van der Waals surface area contributed by atoms with Crippen LogP contribution < -0.4 is 0 Å². The molecule has 4 aliphatic carbocycles. The van der Waals surface area contributed by atoms with Gasteiger partial charge in [-0.1, -0.05) is 40.7 Å². The molecule has 0 radical (unpaired) electrons. The van der Waals surface area contributed by atoms with Crippen molar-refractivity contribution in [3.63, 3.8) is 0 Å². The number of esters is 1. The minimum Gasteiger partial charge on any atom is -0.472 e. The van der Waals surface area contributed by atoms with E-state index in [0.29, 0.717) is 6.42 Å². The molecule has 7 atom stereocenters. The Morgan fingerprint density at radius 2 is 1.85 bits per heavy atom. The SMILES string of the molecule is CC(=O)O[C@@H]1C[C@@H]2C(C)(C)C(=O)C=C[C@]2(C)[C@@H]2CC[C@]3(C)C(=CC(=O)[C@H]3c3ccoc3)[C@]12C. The number of fused-ring (bicyclic) bond motifs is 5. The van der Waals surface area contributed by atoms with Gasteiger partial charge in [0.2, 0.25) is 0 Å². The highest BCUT2D eigenvalue weighted by Gasteiger charge is 2.69. The van der Waals surface area contributed by atoms with Gasteiger partial charge >= 0.3 is 5.97 Å². The van der Waals surface area contributed by atoms with Gasteiger partial charge in [0.15, 0.2) is 11.6 Å². The first kappa shape index (κ1) is 22.4. The number of hydrogen-bond donors (Lipinski definition) is 0. The average molecular weight is 451 g/mol. The molecule has 5 nitrogen and oxygen atoms in total. The highest BCUT2D eigenvalue weighted by molar-refractivity contribution is 6.01. The van der Waals surface area contributed by atoms with E-state index in [9.17, 15) is 14.4 Å². The lowest BCUT2D eigenvalue weighted by Gasteiger charge is -2.66. The molecule has 0 amide bonds. The third-order valence-electron chi connectivity index (χ3n) is 9.99. The summed E-state index contributed by atoms with van der Waals surface area (Å²) in [5.41, 5.74) is 0.363. The van der Waals surface area contributed by atoms with E-state index in [0.717, 1.165) is 24.0 Å². The van der Waals surface area contributed by atoms with Crippen molar-refractivity contribution in [1.29, 1.82) is 0 Å². The van der Waals surface area contributed by atoms with Gasteiger partial charge in [-0.15, -0.1) is 0 Å². The zero-order valence-corrected chi connectivity index (χ0v) is 20.4. The lowest BCUT2D eigenvalue weighted by atomic mass is 9.38. The van der Waals surface area contributed by atoms with Crippen LogP contribution in [-0.4, -0.2) is 23.6 Å². The normalized spacial score (nSPS) is 43.4. The summed E-state index contributed by atoms with van der Waals surface area (Å²) in [7, 11) is 0. The third-order valence-corrected chi connectivity index (χ3v) is 9.99. The van der Waals surface area contributed by atoms with Gasteiger partial charge in [0.1, 0.15) is 6.10 Å².